The number of benzene rings is 2. The number of fused-ring (bicyclic) bond motifs is 1. The smallest absolute Gasteiger partial charge is 0.317 e. The van der Waals surface area contributed by atoms with E-state index >= 15 is 0 Å². The summed E-state index contributed by atoms with van der Waals surface area (Å²) in [5.74, 6) is 0.488. The third-order valence-electron chi connectivity index (χ3n) is 5.42. The van der Waals surface area contributed by atoms with E-state index in [9.17, 15) is 18.0 Å². The predicted octanol–water partition coefficient (Wildman–Crippen LogP) is 6.03. The van der Waals surface area contributed by atoms with Gasteiger partial charge >= 0.3 is 6.18 Å². The van der Waals surface area contributed by atoms with Crippen molar-refractivity contribution in [1.29, 1.82) is 0 Å². The fourth-order valence-electron chi connectivity index (χ4n) is 3.86. The molecule has 0 amide bonds. The molecule has 2 aromatic carbocycles. The molecule has 0 atom stereocenters. The first-order valence-electron chi connectivity index (χ1n) is 10.2. The van der Waals surface area contributed by atoms with E-state index in [1.807, 2.05) is 13.0 Å². The quantitative estimate of drug-likeness (QED) is 0.311. The largest absolute Gasteiger partial charge is 0.418 e. The van der Waals surface area contributed by atoms with Gasteiger partial charge in [-0.1, -0.05) is 35.0 Å². The molecule has 0 saturated heterocycles. The minimum atomic E-state index is -4.48. The number of rotatable bonds is 4. The number of halogens is 4. The van der Waals surface area contributed by atoms with Crippen LogP contribution in [0.15, 0.2) is 62.9 Å². The molecule has 0 unspecified atom stereocenters. The minimum Gasteiger partial charge on any atom is -0.317 e. The maximum absolute atomic E-state index is 13.6. The summed E-state index contributed by atoms with van der Waals surface area (Å²) >= 11 is 3.37. The summed E-state index contributed by atoms with van der Waals surface area (Å²) in [7, 11) is 0. The number of aryl methyl sites for hydroxylation is 2. The fourth-order valence-corrected chi connectivity index (χ4v) is 4.22. The van der Waals surface area contributed by atoms with Gasteiger partial charge in [0.2, 0.25) is 0 Å². The molecule has 4 rings (SSSR count). The van der Waals surface area contributed by atoms with E-state index in [1.165, 1.54) is 23.0 Å². The molecule has 9 heteroatoms. The third kappa shape index (κ3) is 4.25. The summed E-state index contributed by atoms with van der Waals surface area (Å²) in [5, 5.41) is 4.79. The van der Waals surface area contributed by atoms with Crippen LogP contribution in [0.25, 0.3) is 16.6 Å². The normalized spacial score (nSPS) is 12.2. The highest BCUT2D eigenvalue weighted by atomic mass is 79.9. The van der Waals surface area contributed by atoms with Crippen molar-refractivity contribution in [3.05, 3.63) is 91.7 Å². The Morgan fingerprint density at radius 2 is 1.85 bits per heavy atom. The topological polar surface area (TPSA) is 52.2 Å². The molecule has 5 nitrogen and oxygen atoms in total. The number of aromatic nitrogens is 3. The SMILES string of the molecule is CCc1nc2ccc(Br)cc2c(=O)n1N=Cc1cc(C)n(-c2ccccc2C(F)(F)F)c1C. The Kier molecular flexibility index (Phi) is 6.00. The Labute approximate surface area is 196 Å². The summed E-state index contributed by atoms with van der Waals surface area (Å²) in [5.41, 5.74) is 1.39. The first-order valence-corrected chi connectivity index (χ1v) is 11.0. The molecule has 0 aliphatic rings. The van der Waals surface area contributed by atoms with Crippen LogP contribution in [0, 0.1) is 13.8 Å². The zero-order valence-corrected chi connectivity index (χ0v) is 19.7. The molecule has 2 aromatic heterocycles. The monoisotopic (exact) mass is 516 g/mol. The first-order chi connectivity index (χ1) is 15.6. The summed E-state index contributed by atoms with van der Waals surface area (Å²) < 4.78 is 44.2. The summed E-state index contributed by atoms with van der Waals surface area (Å²) in [6, 6.07) is 12.5. The van der Waals surface area contributed by atoms with Gasteiger partial charge in [-0.05, 0) is 50.2 Å². The van der Waals surface area contributed by atoms with Crippen molar-refractivity contribution in [2.24, 2.45) is 5.10 Å². The van der Waals surface area contributed by atoms with E-state index in [2.05, 4.69) is 26.0 Å². The molecule has 2 heterocycles. The number of para-hydroxylation sites is 1. The first kappa shape index (κ1) is 23.0. The highest BCUT2D eigenvalue weighted by Crippen LogP contribution is 2.35. The van der Waals surface area contributed by atoms with Crippen LogP contribution in [0.1, 0.15) is 35.3 Å². The number of hydrogen-bond acceptors (Lipinski definition) is 3. The van der Waals surface area contributed by atoms with Crippen molar-refractivity contribution in [3.8, 4) is 5.69 Å². The second-order valence-electron chi connectivity index (χ2n) is 7.58. The standard InChI is InChI=1S/C24H20BrF3N4O/c1-4-22-30-20-10-9-17(25)12-18(20)23(33)32(22)29-13-16-11-14(2)31(15(16)3)21-8-6-5-7-19(21)24(26,27)28/h5-13H,4H2,1-3H3. The van der Waals surface area contributed by atoms with E-state index in [4.69, 9.17) is 0 Å². The van der Waals surface area contributed by atoms with E-state index in [0.29, 0.717) is 40.1 Å². The van der Waals surface area contributed by atoms with Crippen LogP contribution in [0.2, 0.25) is 0 Å². The second-order valence-corrected chi connectivity index (χ2v) is 8.50. The van der Waals surface area contributed by atoms with Gasteiger partial charge < -0.3 is 4.57 Å². The molecule has 0 radical (unpaired) electrons. The average molecular weight is 517 g/mol. The Morgan fingerprint density at radius 3 is 2.55 bits per heavy atom. The van der Waals surface area contributed by atoms with Gasteiger partial charge in [-0.15, -0.1) is 0 Å². The van der Waals surface area contributed by atoms with Crippen LogP contribution in [-0.2, 0) is 12.6 Å². The minimum absolute atomic E-state index is 0.0447. The lowest BCUT2D eigenvalue weighted by atomic mass is 10.1. The molecule has 170 valence electrons. The van der Waals surface area contributed by atoms with Gasteiger partial charge in [0, 0.05) is 27.8 Å². The van der Waals surface area contributed by atoms with Crippen molar-refractivity contribution in [2.75, 3.05) is 0 Å². The summed E-state index contributed by atoms with van der Waals surface area (Å²) in [4.78, 5) is 17.6. The van der Waals surface area contributed by atoms with Crippen molar-refractivity contribution < 1.29 is 13.2 Å². The van der Waals surface area contributed by atoms with Crippen LogP contribution >= 0.6 is 15.9 Å². The second kappa shape index (κ2) is 8.62. The zero-order valence-electron chi connectivity index (χ0n) is 18.1. The highest BCUT2D eigenvalue weighted by Gasteiger charge is 2.34. The van der Waals surface area contributed by atoms with Gasteiger partial charge in [0.15, 0.2) is 0 Å². The zero-order chi connectivity index (χ0) is 23.9. The van der Waals surface area contributed by atoms with Crippen molar-refractivity contribution in [1.82, 2.24) is 14.2 Å². The Balaban J connectivity index is 1.83. The lowest BCUT2D eigenvalue weighted by Crippen LogP contribution is -2.22. The predicted molar refractivity (Wildman–Crippen MR) is 126 cm³/mol. The van der Waals surface area contributed by atoms with Gasteiger partial charge in [-0.25, -0.2) is 4.98 Å². The summed E-state index contributed by atoms with van der Waals surface area (Å²) in [6.07, 6.45) is -2.51. The fraction of sp³-hybridized carbons (Fsp3) is 0.208. The molecule has 0 bridgehead atoms. The Morgan fingerprint density at radius 1 is 1.12 bits per heavy atom. The van der Waals surface area contributed by atoms with E-state index in [1.54, 1.807) is 42.7 Å². The molecule has 0 aliphatic heterocycles. The van der Waals surface area contributed by atoms with Crippen LogP contribution in [0.5, 0.6) is 0 Å². The van der Waals surface area contributed by atoms with Gasteiger partial charge in [0.25, 0.3) is 5.56 Å². The molecule has 0 fully saturated rings. The van der Waals surface area contributed by atoms with Gasteiger partial charge in [-0.3, -0.25) is 4.79 Å². The number of alkyl halides is 3. The molecule has 4 aromatic rings. The molecular formula is C24H20BrF3N4O. The lowest BCUT2D eigenvalue weighted by Gasteiger charge is -2.16. The van der Waals surface area contributed by atoms with E-state index in [0.717, 1.165) is 10.5 Å². The average Bonchev–Trinajstić information content (AvgIpc) is 3.05. The van der Waals surface area contributed by atoms with Crippen LogP contribution in [-0.4, -0.2) is 20.4 Å². The van der Waals surface area contributed by atoms with E-state index in [-0.39, 0.29) is 11.2 Å². The molecular weight excluding hydrogens is 497 g/mol. The maximum Gasteiger partial charge on any atom is 0.418 e. The lowest BCUT2D eigenvalue weighted by molar-refractivity contribution is -0.137. The van der Waals surface area contributed by atoms with Gasteiger partial charge in [-0.2, -0.15) is 22.9 Å². The van der Waals surface area contributed by atoms with Gasteiger partial charge in [0.05, 0.1) is 28.4 Å². The summed E-state index contributed by atoms with van der Waals surface area (Å²) in [6.45, 7) is 5.33. The maximum atomic E-state index is 13.6. The van der Waals surface area contributed by atoms with E-state index < -0.39 is 11.7 Å². The van der Waals surface area contributed by atoms with Crippen molar-refractivity contribution in [2.45, 2.75) is 33.4 Å². The van der Waals surface area contributed by atoms with Crippen LogP contribution < -0.4 is 5.56 Å². The molecule has 33 heavy (non-hydrogen) atoms. The highest BCUT2D eigenvalue weighted by molar-refractivity contribution is 9.10. The molecule has 0 N–H and O–H groups in total. The molecule has 0 spiro atoms. The van der Waals surface area contributed by atoms with Gasteiger partial charge in [0.1, 0.15) is 5.82 Å². The Bertz CT molecular complexity index is 1450. The van der Waals surface area contributed by atoms with Crippen molar-refractivity contribution in [3.63, 3.8) is 0 Å². The van der Waals surface area contributed by atoms with Crippen LogP contribution in [0.3, 0.4) is 0 Å². The number of nitrogens with zero attached hydrogens (tertiary/aromatic N) is 4. The van der Waals surface area contributed by atoms with Crippen LogP contribution in [0.4, 0.5) is 13.2 Å². The van der Waals surface area contributed by atoms with Crippen molar-refractivity contribution >= 4 is 33.0 Å². The third-order valence-corrected chi connectivity index (χ3v) is 5.92. The Hall–Kier alpha value is -3.20. The molecule has 0 aliphatic carbocycles. The molecule has 0 saturated carbocycles. The number of hydrogen-bond donors (Lipinski definition) is 0.